The summed E-state index contributed by atoms with van der Waals surface area (Å²) in [7, 11) is 1.60. The zero-order valence-electron chi connectivity index (χ0n) is 15.4. The third-order valence-corrected chi connectivity index (χ3v) is 5.52. The lowest BCUT2D eigenvalue weighted by atomic mass is 9.93. The lowest BCUT2D eigenvalue weighted by Crippen LogP contribution is -2.41. The molecule has 1 aromatic heterocycles. The van der Waals surface area contributed by atoms with Crippen molar-refractivity contribution in [1.82, 2.24) is 9.88 Å². The minimum atomic E-state index is 0.0729. The summed E-state index contributed by atoms with van der Waals surface area (Å²) in [6.45, 7) is 3.17. The van der Waals surface area contributed by atoms with Gasteiger partial charge in [0.2, 0.25) is 0 Å². The fourth-order valence-electron chi connectivity index (χ4n) is 3.51. The van der Waals surface area contributed by atoms with Crippen molar-refractivity contribution >= 4 is 17.2 Å². The number of rotatable bonds is 7. The van der Waals surface area contributed by atoms with Gasteiger partial charge in [-0.05, 0) is 38.0 Å². The van der Waals surface area contributed by atoms with Gasteiger partial charge in [0, 0.05) is 23.5 Å². The zero-order valence-corrected chi connectivity index (χ0v) is 16.3. The number of thiazole rings is 1. The number of nitrogens with zero attached hydrogens (tertiary/aromatic N) is 2. The van der Waals surface area contributed by atoms with E-state index in [-0.39, 0.29) is 5.91 Å². The second-order valence-corrected chi connectivity index (χ2v) is 7.24. The molecule has 0 radical (unpaired) electrons. The molecular weight excluding hydrogens is 348 g/mol. The summed E-state index contributed by atoms with van der Waals surface area (Å²) in [5.74, 6) is 1.27. The Bertz CT molecular complexity index is 712. The van der Waals surface area contributed by atoms with Crippen LogP contribution in [0.2, 0.25) is 0 Å². The van der Waals surface area contributed by atoms with Gasteiger partial charge in [-0.3, -0.25) is 4.79 Å². The third-order valence-electron chi connectivity index (χ3n) is 4.89. The van der Waals surface area contributed by atoms with Crippen molar-refractivity contribution in [3.8, 4) is 11.5 Å². The predicted molar refractivity (Wildman–Crippen MR) is 103 cm³/mol. The van der Waals surface area contributed by atoms with Crippen LogP contribution in [0.4, 0.5) is 0 Å². The van der Waals surface area contributed by atoms with Crippen molar-refractivity contribution in [2.45, 2.75) is 51.7 Å². The number of carbonyl (C=O) groups is 1. The van der Waals surface area contributed by atoms with Crippen LogP contribution in [0.25, 0.3) is 0 Å². The molecule has 0 unspecified atom stereocenters. The van der Waals surface area contributed by atoms with Crippen LogP contribution in [0.1, 0.15) is 55.1 Å². The summed E-state index contributed by atoms with van der Waals surface area (Å²) in [6, 6.07) is 5.78. The van der Waals surface area contributed by atoms with Gasteiger partial charge >= 0.3 is 0 Å². The highest BCUT2D eigenvalue weighted by molar-refractivity contribution is 7.07. The van der Waals surface area contributed by atoms with Gasteiger partial charge in [0.25, 0.3) is 5.91 Å². The molecular formula is C20H26N2O3S. The van der Waals surface area contributed by atoms with Gasteiger partial charge in [-0.15, -0.1) is 11.3 Å². The monoisotopic (exact) mass is 374 g/mol. The van der Waals surface area contributed by atoms with Gasteiger partial charge in [-0.1, -0.05) is 19.3 Å². The van der Waals surface area contributed by atoms with Crippen molar-refractivity contribution < 1.29 is 14.3 Å². The average Bonchev–Trinajstić information content (AvgIpc) is 3.21. The van der Waals surface area contributed by atoms with Crippen molar-refractivity contribution in [2.24, 2.45) is 0 Å². The van der Waals surface area contributed by atoms with Crippen molar-refractivity contribution in [3.05, 3.63) is 40.3 Å². The lowest BCUT2D eigenvalue weighted by molar-refractivity contribution is 0.0647. The van der Waals surface area contributed by atoms with Crippen LogP contribution in [0, 0.1) is 0 Å². The second kappa shape index (κ2) is 9.03. The number of aromatic nitrogens is 1. The van der Waals surface area contributed by atoms with Crippen LogP contribution >= 0.6 is 11.3 Å². The van der Waals surface area contributed by atoms with Gasteiger partial charge < -0.3 is 14.4 Å². The topological polar surface area (TPSA) is 51.7 Å². The highest BCUT2D eigenvalue weighted by Gasteiger charge is 2.25. The first kappa shape index (κ1) is 18.7. The van der Waals surface area contributed by atoms with Crippen LogP contribution in [-0.4, -0.2) is 35.5 Å². The highest BCUT2D eigenvalue weighted by Crippen LogP contribution is 2.30. The maximum Gasteiger partial charge on any atom is 0.254 e. The fourth-order valence-corrected chi connectivity index (χ4v) is 4.05. The first-order valence-electron chi connectivity index (χ1n) is 9.21. The molecule has 1 amide bonds. The minimum Gasteiger partial charge on any atom is -0.493 e. The van der Waals surface area contributed by atoms with Crippen LogP contribution in [0.3, 0.4) is 0 Å². The smallest absolute Gasteiger partial charge is 0.254 e. The Morgan fingerprint density at radius 2 is 2.08 bits per heavy atom. The van der Waals surface area contributed by atoms with Crippen molar-refractivity contribution in [1.29, 1.82) is 0 Å². The van der Waals surface area contributed by atoms with Crippen LogP contribution in [-0.2, 0) is 6.61 Å². The van der Waals surface area contributed by atoms with E-state index in [1.54, 1.807) is 18.7 Å². The van der Waals surface area contributed by atoms with E-state index in [4.69, 9.17) is 9.47 Å². The molecule has 0 saturated heterocycles. The number of hydrogen-bond donors (Lipinski definition) is 0. The van der Waals surface area contributed by atoms with E-state index in [1.165, 1.54) is 30.6 Å². The predicted octanol–water partition coefficient (Wildman–Crippen LogP) is 4.53. The van der Waals surface area contributed by atoms with Crippen LogP contribution < -0.4 is 9.47 Å². The number of amides is 1. The quantitative estimate of drug-likeness (QED) is 0.715. The number of carbonyl (C=O) groups excluding carboxylic acids is 1. The molecule has 5 nitrogen and oxygen atoms in total. The molecule has 1 aromatic carbocycles. The Balaban J connectivity index is 1.73. The van der Waals surface area contributed by atoms with E-state index in [2.05, 4.69) is 11.9 Å². The Labute approximate surface area is 159 Å². The molecule has 3 rings (SSSR count). The molecule has 1 saturated carbocycles. The Kier molecular flexibility index (Phi) is 6.50. The largest absolute Gasteiger partial charge is 0.493 e. The van der Waals surface area contributed by atoms with Gasteiger partial charge in [0.15, 0.2) is 11.5 Å². The maximum absolute atomic E-state index is 13.0. The zero-order chi connectivity index (χ0) is 18.4. The van der Waals surface area contributed by atoms with E-state index >= 15 is 0 Å². The molecule has 1 aliphatic rings. The summed E-state index contributed by atoms with van der Waals surface area (Å²) in [5, 5.41) is 1.95. The molecule has 0 aliphatic heterocycles. The number of ether oxygens (including phenoxy) is 2. The minimum absolute atomic E-state index is 0.0729. The van der Waals surface area contributed by atoms with Crippen LogP contribution in [0.15, 0.2) is 29.1 Å². The number of benzene rings is 1. The third kappa shape index (κ3) is 4.36. The summed E-state index contributed by atoms with van der Waals surface area (Å²) in [5.41, 5.74) is 3.31. The Hall–Kier alpha value is -2.08. The average molecular weight is 375 g/mol. The maximum atomic E-state index is 13.0. The molecule has 6 heteroatoms. The van der Waals surface area contributed by atoms with Crippen molar-refractivity contribution in [2.75, 3.05) is 13.7 Å². The summed E-state index contributed by atoms with van der Waals surface area (Å²) >= 11 is 1.54. The summed E-state index contributed by atoms with van der Waals surface area (Å²) in [4.78, 5) is 19.2. The Morgan fingerprint density at radius 1 is 1.27 bits per heavy atom. The molecule has 0 atom stereocenters. The summed E-state index contributed by atoms with van der Waals surface area (Å²) in [6.07, 6.45) is 5.90. The second-order valence-electron chi connectivity index (χ2n) is 6.52. The van der Waals surface area contributed by atoms with E-state index in [0.29, 0.717) is 29.7 Å². The number of methoxy groups -OCH3 is 1. The molecule has 140 valence electrons. The molecule has 0 N–H and O–H groups in total. The van der Waals surface area contributed by atoms with E-state index in [1.807, 2.05) is 22.4 Å². The highest BCUT2D eigenvalue weighted by atomic mass is 32.1. The first-order chi connectivity index (χ1) is 12.7. The SMILES string of the molecule is CCN(C(=O)c1ccc(OCc2cscn2)c(OC)c1)C1CCCCC1. The molecule has 2 aromatic rings. The molecule has 0 spiro atoms. The van der Waals surface area contributed by atoms with E-state index in [0.717, 1.165) is 25.1 Å². The van der Waals surface area contributed by atoms with Gasteiger partial charge in [0.05, 0.1) is 18.3 Å². The molecule has 0 bridgehead atoms. The van der Waals surface area contributed by atoms with E-state index in [9.17, 15) is 4.79 Å². The standard InChI is InChI=1S/C20H26N2O3S/c1-3-22(17-7-5-4-6-8-17)20(23)15-9-10-18(19(11-15)24-2)25-12-16-13-26-14-21-16/h9-11,13-14,17H,3-8,12H2,1-2H3. The molecule has 1 fully saturated rings. The summed E-state index contributed by atoms with van der Waals surface area (Å²) < 4.78 is 11.3. The van der Waals surface area contributed by atoms with Gasteiger partial charge in [-0.2, -0.15) is 0 Å². The van der Waals surface area contributed by atoms with Crippen molar-refractivity contribution in [3.63, 3.8) is 0 Å². The Morgan fingerprint density at radius 3 is 2.73 bits per heavy atom. The van der Waals surface area contributed by atoms with Gasteiger partial charge in [0.1, 0.15) is 6.61 Å². The molecule has 1 aliphatic carbocycles. The fraction of sp³-hybridized carbons (Fsp3) is 0.500. The van der Waals surface area contributed by atoms with Crippen LogP contribution in [0.5, 0.6) is 11.5 Å². The molecule has 1 heterocycles. The van der Waals surface area contributed by atoms with Gasteiger partial charge in [-0.25, -0.2) is 4.98 Å². The van der Waals surface area contributed by atoms with E-state index < -0.39 is 0 Å². The molecule has 26 heavy (non-hydrogen) atoms. The number of hydrogen-bond acceptors (Lipinski definition) is 5. The first-order valence-corrected chi connectivity index (χ1v) is 10.2. The normalized spacial score (nSPS) is 14.8. The lowest BCUT2D eigenvalue weighted by Gasteiger charge is -2.33.